The summed E-state index contributed by atoms with van der Waals surface area (Å²) in [4.78, 5) is 15.6. The molecule has 1 aromatic rings. The number of carbonyl (C=O) groups excluding carboxylic acids is 1. The molecule has 0 saturated heterocycles. The first-order valence-corrected chi connectivity index (χ1v) is 5.99. The highest BCUT2D eigenvalue weighted by Gasteiger charge is 2.28. The minimum absolute atomic E-state index is 0.0264. The Bertz CT molecular complexity index is 419. The molecule has 1 aliphatic heterocycles. The molecule has 2 N–H and O–H groups in total. The predicted octanol–water partition coefficient (Wildman–Crippen LogP) is 1.80. The van der Waals surface area contributed by atoms with Crippen molar-refractivity contribution in [3.63, 3.8) is 0 Å². The molecule has 0 radical (unpaired) electrons. The van der Waals surface area contributed by atoms with Crippen molar-refractivity contribution >= 4 is 11.7 Å². The van der Waals surface area contributed by atoms with E-state index in [1.807, 2.05) is 32.2 Å². The predicted molar refractivity (Wildman–Crippen MR) is 68.9 cm³/mol. The van der Waals surface area contributed by atoms with Gasteiger partial charge >= 0.3 is 6.03 Å². The number of nitrogens with zero attached hydrogens (tertiary/aromatic N) is 2. The second-order valence-electron chi connectivity index (χ2n) is 4.55. The molecule has 0 fully saturated rings. The minimum Gasteiger partial charge on any atom is -0.326 e. The Kier molecular flexibility index (Phi) is 3.33. The van der Waals surface area contributed by atoms with Crippen molar-refractivity contribution in [1.82, 2.24) is 4.90 Å². The molecule has 92 valence electrons. The van der Waals surface area contributed by atoms with Crippen LogP contribution in [0.4, 0.5) is 10.5 Å². The molecule has 1 unspecified atom stereocenters. The van der Waals surface area contributed by atoms with Crippen molar-refractivity contribution in [3.05, 3.63) is 29.8 Å². The van der Waals surface area contributed by atoms with Gasteiger partial charge in [-0.2, -0.15) is 0 Å². The fraction of sp³-hybridized carbons (Fsp3) is 0.462. The van der Waals surface area contributed by atoms with E-state index in [0.717, 1.165) is 12.1 Å². The maximum atomic E-state index is 12.1. The lowest BCUT2D eigenvalue weighted by molar-refractivity contribution is 0.210. The average molecular weight is 233 g/mol. The number of nitrogens with two attached hydrogens (primary N) is 1. The number of fused-ring (bicyclic) bond motifs is 1. The highest BCUT2D eigenvalue weighted by atomic mass is 16.2. The average Bonchev–Trinajstić information content (AvgIpc) is 2.34. The van der Waals surface area contributed by atoms with Crippen molar-refractivity contribution in [2.24, 2.45) is 5.73 Å². The molecule has 0 aromatic heterocycles. The summed E-state index contributed by atoms with van der Waals surface area (Å²) in [5.74, 6) is 0. The van der Waals surface area contributed by atoms with Crippen LogP contribution < -0.4 is 10.6 Å². The van der Waals surface area contributed by atoms with E-state index in [0.29, 0.717) is 13.1 Å². The molecule has 1 aliphatic rings. The number of urea groups is 1. The van der Waals surface area contributed by atoms with E-state index in [9.17, 15) is 4.79 Å². The van der Waals surface area contributed by atoms with Gasteiger partial charge in [0.05, 0.1) is 5.69 Å². The third-order valence-corrected chi connectivity index (χ3v) is 3.19. The van der Waals surface area contributed by atoms with Gasteiger partial charge < -0.3 is 10.6 Å². The number of rotatable bonds is 3. The van der Waals surface area contributed by atoms with Gasteiger partial charge in [-0.05, 0) is 18.1 Å². The largest absolute Gasteiger partial charge is 0.326 e. The molecule has 1 atom stereocenters. The van der Waals surface area contributed by atoms with E-state index >= 15 is 0 Å². The molecule has 2 rings (SSSR count). The topological polar surface area (TPSA) is 49.6 Å². The lowest BCUT2D eigenvalue weighted by atomic mass is 10.1. The third-order valence-electron chi connectivity index (χ3n) is 3.19. The van der Waals surface area contributed by atoms with Crippen LogP contribution in [0.5, 0.6) is 0 Å². The Labute approximate surface area is 102 Å². The van der Waals surface area contributed by atoms with Crippen molar-refractivity contribution in [2.45, 2.75) is 25.9 Å². The zero-order valence-corrected chi connectivity index (χ0v) is 10.4. The molecule has 0 aliphatic carbocycles. The molecular formula is C13H19N3O. The number of hydrogen-bond acceptors (Lipinski definition) is 2. The van der Waals surface area contributed by atoms with Crippen LogP contribution in [0.3, 0.4) is 0 Å². The smallest absolute Gasteiger partial charge is 0.324 e. The third kappa shape index (κ3) is 2.26. The van der Waals surface area contributed by atoms with Crippen molar-refractivity contribution < 1.29 is 4.79 Å². The first-order valence-electron chi connectivity index (χ1n) is 5.99. The monoisotopic (exact) mass is 233 g/mol. The lowest BCUT2D eigenvalue weighted by Crippen LogP contribution is -2.49. The van der Waals surface area contributed by atoms with Gasteiger partial charge in [0.2, 0.25) is 0 Å². The standard InChI is InChI=1S/C13H19N3O/c1-3-11(14)9-16-12-7-5-4-6-10(12)8-15(2)13(16)17/h4-7,11H,3,8-9,14H2,1-2H3. The second-order valence-corrected chi connectivity index (χ2v) is 4.55. The summed E-state index contributed by atoms with van der Waals surface area (Å²) in [6.07, 6.45) is 0.871. The van der Waals surface area contributed by atoms with Crippen molar-refractivity contribution in [3.8, 4) is 0 Å². The molecule has 0 bridgehead atoms. The molecule has 2 amide bonds. The summed E-state index contributed by atoms with van der Waals surface area (Å²) < 4.78 is 0. The Morgan fingerprint density at radius 3 is 2.82 bits per heavy atom. The van der Waals surface area contributed by atoms with Crippen molar-refractivity contribution in [1.29, 1.82) is 0 Å². The summed E-state index contributed by atoms with van der Waals surface area (Å²) >= 11 is 0. The normalized spacial score (nSPS) is 17.0. The van der Waals surface area contributed by atoms with Gasteiger partial charge in [-0.15, -0.1) is 0 Å². The van der Waals surface area contributed by atoms with Gasteiger partial charge in [0.25, 0.3) is 0 Å². The number of anilines is 1. The summed E-state index contributed by atoms with van der Waals surface area (Å²) in [7, 11) is 1.82. The SMILES string of the molecule is CCC(N)CN1C(=O)N(C)Cc2ccccc21. The summed E-state index contributed by atoms with van der Waals surface area (Å²) in [5.41, 5.74) is 8.13. The summed E-state index contributed by atoms with van der Waals surface area (Å²) in [5, 5.41) is 0. The second kappa shape index (κ2) is 4.75. The van der Waals surface area contributed by atoms with E-state index in [1.54, 1.807) is 9.80 Å². The number of carbonyl (C=O) groups is 1. The fourth-order valence-electron chi connectivity index (χ4n) is 2.08. The van der Waals surface area contributed by atoms with Crippen LogP contribution in [0.25, 0.3) is 0 Å². The minimum atomic E-state index is 0.0264. The van der Waals surface area contributed by atoms with E-state index < -0.39 is 0 Å². The number of benzene rings is 1. The molecule has 17 heavy (non-hydrogen) atoms. The Balaban J connectivity index is 2.32. The lowest BCUT2D eigenvalue weighted by Gasteiger charge is -2.36. The molecular weight excluding hydrogens is 214 g/mol. The summed E-state index contributed by atoms with van der Waals surface area (Å²) in [6, 6.07) is 8.07. The highest BCUT2D eigenvalue weighted by molar-refractivity contribution is 5.94. The van der Waals surface area contributed by atoms with Crippen LogP contribution in [-0.4, -0.2) is 30.6 Å². The van der Waals surface area contributed by atoms with Crippen LogP contribution in [0.2, 0.25) is 0 Å². The molecule has 1 aromatic carbocycles. The van der Waals surface area contributed by atoms with Crippen LogP contribution in [-0.2, 0) is 6.54 Å². The molecule has 4 heteroatoms. The van der Waals surface area contributed by atoms with E-state index in [1.165, 1.54) is 5.56 Å². The zero-order chi connectivity index (χ0) is 12.4. The van der Waals surface area contributed by atoms with E-state index in [4.69, 9.17) is 5.73 Å². The quantitative estimate of drug-likeness (QED) is 0.865. The van der Waals surface area contributed by atoms with Crippen molar-refractivity contribution in [2.75, 3.05) is 18.5 Å². The van der Waals surface area contributed by atoms with Gasteiger partial charge in [-0.25, -0.2) is 4.79 Å². The number of para-hydroxylation sites is 1. The van der Waals surface area contributed by atoms with E-state index in [2.05, 4.69) is 6.07 Å². The fourth-order valence-corrected chi connectivity index (χ4v) is 2.08. The van der Waals surface area contributed by atoms with Gasteiger partial charge in [-0.1, -0.05) is 25.1 Å². The zero-order valence-electron chi connectivity index (χ0n) is 10.4. The van der Waals surface area contributed by atoms with Gasteiger partial charge in [0.15, 0.2) is 0 Å². The molecule has 0 saturated carbocycles. The Morgan fingerprint density at radius 2 is 2.12 bits per heavy atom. The van der Waals surface area contributed by atoms with Gasteiger partial charge in [0, 0.05) is 26.2 Å². The maximum absolute atomic E-state index is 12.1. The van der Waals surface area contributed by atoms with Crippen LogP contribution >= 0.6 is 0 Å². The van der Waals surface area contributed by atoms with Gasteiger partial charge in [-0.3, -0.25) is 4.90 Å². The summed E-state index contributed by atoms with van der Waals surface area (Å²) in [6.45, 7) is 3.29. The molecule has 4 nitrogen and oxygen atoms in total. The van der Waals surface area contributed by atoms with Crippen LogP contribution in [0, 0.1) is 0 Å². The first kappa shape index (κ1) is 11.9. The maximum Gasteiger partial charge on any atom is 0.324 e. The Hall–Kier alpha value is -1.55. The van der Waals surface area contributed by atoms with Crippen LogP contribution in [0.15, 0.2) is 24.3 Å². The number of amides is 2. The molecule has 1 heterocycles. The number of hydrogen-bond donors (Lipinski definition) is 1. The van der Waals surface area contributed by atoms with E-state index in [-0.39, 0.29) is 12.1 Å². The molecule has 0 spiro atoms. The highest BCUT2D eigenvalue weighted by Crippen LogP contribution is 2.27. The first-order chi connectivity index (χ1) is 8.13. The van der Waals surface area contributed by atoms with Crippen LogP contribution in [0.1, 0.15) is 18.9 Å². The van der Waals surface area contributed by atoms with Gasteiger partial charge in [0.1, 0.15) is 0 Å². The Morgan fingerprint density at radius 1 is 1.41 bits per heavy atom.